The van der Waals surface area contributed by atoms with Crippen molar-refractivity contribution in [2.75, 3.05) is 20.2 Å². The molecule has 3 nitrogen and oxygen atoms in total. The van der Waals surface area contributed by atoms with E-state index in [1.807, 2.05) is 0 Å². The third-order valence-electron chi connectivity index (χ3n) is 4.70. The van der Waals surface area contributed by atoms with Crippen LogP contribution in [0.1, 0.15) is 52.4 Å². The molecule has 0 amide bonds. The van der Waals surface area contributed by atoms with Crippen LogP contribution in [0.2, 0.25) is 0 Å². The number of nitrogens with one attached hydrogen (secondary N) is 1. The topological polar surface area (TPSA) is 35.5 Å². The second-order valence-corrected chi connectivity index (χ2v) is 6.74. The monoisotopic (exact) mass is 254 g/mol. The zero-order valence-electron chi connectivity index (χ0n) is 12.3. The van der Waals surface area contributed by atoms with Gasteiger partial charge in [-0.05, 0) is 38.6 Å². The van der Waals surface area contributed by atoms with Crippen LogP contribution in [0.15, 0.2) is 0 Å². The van der Waals surface area contributed by atoms with Gasteiger partial charge >= 0.3 is 0 Å². The third kappa shape index (κ3) is 3.25. The fourth-order valence-electron chi connectivity index (χ4n) is 3.65. The van der Waals surface area contributed by atoms with Crippen molar-refractivity contribution in [3.8, 4) is 0 Å². The van der Waals surface area contributed by atoms with Crippen molar-refractivity contribution in [3.05, 3.63) is 0 Å². The molecular weight excluding hydrogens is 224 g/mol. The molecule has 0 heterocycles. The molecule has 18 heavy (non-hydrogen) atoms. The summed E-state index contributed by atoms with van der Waals surface area (Å²) in [6, 6.07) is 1.18. The van der Waals surface area contributed by atoms with Crippen LogP contribution >= 0.6 is 0 Å². The van der Waals surface area contributed by atoms with E-state index in [1.54, 1.807) is 0 Å². The lowest BCUT2D eigenvalue weighted by Gasteiger charge is -2.40. The summed E-state index contributed by atoms with van der Waals surface area (Å²) in [5.74, 6) is 0.675. The average Bonchev–Trinajstić information content (AvgIpc) is 3.03. The molecule has 3 heteroatoms. The van der Waals surface area contributed by atoms with Gasteiger partial charge in [0.25, 0.3) is 0 Å². The number of aliphatic hydroxyl groups excluding tert-OH is 1. The lowest BCUT2D eigenvalue weighted by Crippen LogP contribution is -2.60. The van der Waals surface area contributed by atoms with Crippen LogP contribution in [0.5, 0.6) is 0 Å². The van der Waals surface area contributed by atoms with Crippen LogP contribution in [0.3, 0.4) is 0 Å². The van der Waals surface area contributed by atoms with Gasteiger partial charge in [-0.15, -0.1) is 0 Å². The van der Waals surface area contributed by atoms with Crippen molar-refractivity contribution in [2.24, 2.45) is 5.92 Å². The molecule has 0 radical (unpaired) electrons. The fourth-order valence-corrected chi connectivity index (χ4v) is 3.65. The number of rotatable bonds is 7. The molecule has 0 aromatic carbocycles. The van der Waals surface area contributed by atoms with E-state index < -0.39 is 0 Å². The molecule has 0 aromatic heterocycles. The summed E-state index contributed by atoms with van der Waals surface area (Å²) in [6.07, 6.45) is 7.98. The van der Waals surface area contributed by atoms with E-state index in [0.29, 0.717) is 12.0 Å². The van der Waals surface area contributed by atoms with Gasteiger partial charge in [-0.25, -0.2) is 0 Å². The Bertz CT molecular complexity index is 259. The number of hydrogen-bond donors (Lipinski definition) is 2. The second kappa shape index (κ2) is 5.89. The predicted octanol–water partition coefficient (Wildman–Crippen LogP) is 2.00. The van der Waals surface area contributed by atoms with E-state index in [-0.39, 0.29) is 12.1 Å². The minimum Gasteiger partial charge on any atom is -0.394 e. The van der Waals surface area contributed by atoms with Gasteiger partial charge in [-0.3, -0.25) is 0 Å². The summed E-state index contributed by atoms with van der Waals surface area (Å²) in [7, 11) is 2.24. The first-order chi connectivity index (χ1) is 8.57. The summed E-state index contributed by atoms with van der Waals surface area (Å²) in [5, 5.41) is 13.6. The van der Waals surface area contributed by atoms with Crippen LogP contribution in [0.4, 0.5) is 0 Å². The second-order valence-electron chi connectivity index (χ2n) is 6.74. The van der Waals surface area contributed by atoms with E-state index in [1.165, 1.54) is 38.5 Å². The van der Waals surface area contributed by atoms with E-state index in [4.69, 9.17) is 0 Å². The summed E-state index contributed by atoms with van der Waals surface area (Å²) in [6.45, 7) is 5.63. The van der Waals surface area contributed by atoms with Crippen LogP contribution in [0.25, 0.3) is 0 Å². The highest BCUT2D eigenvalue weighted by Crippen LogP contribution is 2.41. The Hall–Kier alpha value is -0.120. The Balaban J connectivity index is 1.99. The minimum atomic E-state index is -0.0640. The van der Waals surface area contributed by atoms with Crippen molar-refractivity contribution in [1.29, 1.82) is 0 Å². The Kier molecular flexibility index (Phi) is 4.68. The zero-order chi connectivity index (χ0) is 13.2. The SMILES string of the molecule is CC(C)NC(CO)(CN(C)C1CCCC1)C1CC1. The lowest BCUT2D eigenvalue weighted by atomic mass is 9.91. The van der Waals surface area contributed by atoms with E-state index in [0.717, 1.165) is 12.6 Å². The molecule has 2 fully saturated rings. The molecule has 0 spiro atoms. The average molecular weight is 254 g/mol. The maximum atomic E-state index is 9.94. The van der Waals surface area contributed by atoms with Crippen molar-refractivity contribution < 1.29 is 5.11 Å². The van der Waals surface area contributed by atoms with Gasteiger partial charge in [-0.1, -0.05) is 26.7 Å². The highest BCUT2D eigenvalue weighted by atomic mass is 16.3. The Morgan fingerprint density at radius 1 is 1.22 bits per heavy atom. The molecule has 2 N–H and O–H groups in total. The van der Waals surface area contributed by atoms with E-state index in [2.05, 4.69) is 31.1 Å². The quantitative estimate of drug-likeness (QED) is 0.729. The molecule has 2 saturated carbocycles. The highest BCUT2D eigenvalue weighted by molar-refractivity contribution is 5.04. The molecule has 1 atom stereocenters. The van der Waals surface area contributed by atoms with Gasteiger partial charge in [0, 0.05) is 18.6 Å². The standard InChI is InChI=1S/C15H30N2O/c1-12(2)16-15(11-18,13-8-9-13)10-17(3)14-6-4-5-7-14/h12-14,16,18H,4-11H2,1-3H3. The van der Waals surface area contributed by atoms with Crippen LogP contribution in [-0.4, -0.2) is 47.8 Å². The molecule has 0 bridgehead atoms. The van der Waals surface area contributed by atoms with Crippen LogP contribution in [0, 0.1) is 5.92 Å². The number of likely N-dealkylation sites (N-methyl/N-ethyl adjacent to an activating group) is 1. The highest BCUT2D eigenvalue weighted by Gasteiger charge is 2.46. The summed E-state index contributed by atoms with van der Waals surface area (Å²) in [4.78, 5) is 2.50. The van der Waals surface area contributed by atoms with E-state index in [9.17, 15) is 5.11 Å². The van der Waals surface area contributed by atoms with Crippen molar-refractivity contribution >= 4 is 0 Å². The van der Waals surface area contributed by atoms with Crippen molar-refractivity contribution in [1.82, 2.24) is 10.2 Å². The fraction of sp³-hybridized carbons (Fsp3) is 1.00. The first-order valence-corrected chi connectivity index (χ1v) is 7.66. The maximum Gasteiger partial charge on any atom is 0.0628 e. The number of aliphatic hydroxyl groups is 1. The Morgan fingerprint density at radius 2 is 1.83 bits per heavy atom. The molecule has 2 aliphatic rings. The molecule has 2 aliphatic carbocycles. The summed E-state index contributed by atoms with van der Waals surface area (Å²) < 4.78 is 0. The normalized spacial score (nSPS) is 25.0. The number of hydrogen-bond acceptors (Lipinski definition) is 3. The largest absolute Gasteiger partial charge is 0.394 e. The maximum absolute atomic E-state index is 9.94. The van der Waals surface area contributed by atoms with Crippen molar-refractivity contribution in [2.45, 2.75) is 70.0 Å². The minimum absolute atomic E-state index is 0.0640. The number of nitrogens with zero attached hydrogens (tertiary/aromatic N) is 1. The molecular formula is C15H30N2O. The van der Waals surface area contributed by atoms with Crippen LogP contribution in [-0.2, 0) is 0 Å². The van der Waals surface area contributed by atoms with E-state index >= 15 is 0 Å². The molecule has 0 aliphatic heterocycles. The molecule has 1 unspecified atom stereocenters. The summed E-state index contributed by atoms with van der Waals surface area (Å²) in [5.41, 5.74) is -0.0640. The lowest BCUT2D eigenvalue weighted by molar-refractivity contribution is 0.0780. The van der Waals surface area contributed by atoms with Crippen LogP contribution < -0.4 is 5.32 Å². The van der Waals surface area contributed by atoms with Gasteiger partial charge in [0.1, 0.15) is 0 Å². The van der Waals surface area contributed by atoms with Gasteiger partial charge in [0.15, 0.2) is 0 Å². The smallest absolute Gasteiger partial charge is 0.0628 e. The van der Waals surface area contributed by atoms with Crippen molar-refractivity contribution in [3.63, 3.8) is 0 Å². The Labute approximate surface area is 112 Å². The molecule has 2 rings (SSSR count). The molecule has 0 saturated heterocycles. The van der Waals surface area contributed by atoms with Gasteiger partial charge in [0.05, 0.1) is 12.1 Å². The third-order valence-corrected chi connectivity index (χ3v) is 4.70. The first-order valence-electron chi connectivity index (χ1n) is 7.66. The zero-order valence-corrected chi connectivity index (χ0v) is 12.3. The van der Waals surface area contributed by atoms with Gasteiger partial charge < -0.3 is 15.3 Å². The van der Waals surface area contributed by atoms with Gasteiger partial charge in [-0.2, -0.15) is 0 Å². The first kappa shape index (κ1) is 14.3. The predicted molar refractivity (Wildman–Crippen MR) is 75.7 cm³/mol. The molecule has 0 aromatic rings. The van der Waals surface area contributed by atoms with Gasteiger partial charge in [0.2, 0.25) is 0 Å². The summed E-state index contributed by atoms with van der Waals surface area (Å²) >= 11 is 0. The Morgan fingerprint density at radius 3 is 2.28 bits per heavy atom. The molecule has 106 valence electrons.